The summed E-state index contributed by atoms with van der Waals surface area (Å²) in [7, 11) is 1.97. The lowest BCUT2D eigenvalue weighted by atomic mass is 10.0. The predicted octanol–water partition coefficient (Wildman–Crippen LogP) is 2.48. The molecule has 0 radical (unpaired) electrons. The number of aryl methyl sites for hydroxylation is 2. The Bertz CT molecular complexity index is 744. The van der Waals surface area contributed by atoms with Gasteiger partial charge in [0.25, 0.3) is 0 Å². The van der Waals surface area contributed by atoms with Crippen molar-refractivity contribution < 1.29 is 4.42 Å². The maximum absolute atomic E-state index is 5.77. The highest BCUT2D eigenvalue weighted by molar-refractivity contribution is 5.81. The number of benzene rings is 1. The molecule has 3 N–H and O–H groups in total. The van der Waals surface area contributed by atoms with Gasteiger partial charge >= 0.3 is 0 Å². The van der Waals surface area contributed by atoms with Crippen LogP contribution in [0.3, 0.4) is 0 Å². The largest absolute Gasteiger partial charge is 0.464 e. The summed E-state index contributed by atoms with van der Waals surface area (Å²) in [5, 5.41) is 5.58. The van der Waals surface area contributed by atoms with Crippen LogP contribution in [-0.4, -0.2) is 9.78 Å². The highest BCUT2D eigenvalue weighted by atomic mass is 16.3. The molecule has 0 fully saturated rings. The zero-order valence-corrected chi connectivity index (χ0v) is 12.3. The van der Waals surface area contributed by atoms with E-state index < -0.39 is 0 Å². The van der Waals surface area contributed by atoms with Crippen LogP contribution in [0.1, 0.15) is 29.9 Å². The number of hydrogen-bond donors (Lipinski definition) is 2. The van der Waals surface area contributed by atoms with E-state index in [4.69, 9.17) is 10.3 Å². The molecule has 5 heteroatoms. The van der Waals surface area contributed by atoms with E-state index in [2.05, 4.69) is 29.6 Å². The van der Waals surface area contributed by atoms with Gasteiger partial charge in [-0.05, 0) is 18.6 Å². The van der Waals surface area contributed by atoms with Gasteiger partial charge in [-0.3, -0.25) is 16.0 Å². The molecule has 110 valence electrons. The Morgan fingerprint density at radius 2 is 2.19 bits per heavy atom. The van der Waals surface area contributed by atoms with Crippen LogP contribution in [0.2, 0.25) is 0 Å². The molecule has 2 heterocycles. The SMILES string of the molecule is CCc1cc(CC(NN)c2coc3ccccc23)n(C)n1. The van der Waals surface area contributed by atoms with E-state index in [0.717, 1.165) is 40.8 Å². The first-order chi connectivity index (χ1) is 10.2. The normalized spacial score (nSPS) is 12.9. The van der Waals surface area contributed by atoms with Gasteiger partial charge in [-0.15, -0.1) is 0 Å². The molecule has 0 aliphatic heterocycles. The molecule has 3 rings (SSSR count). The van der Waals surface area contributed by atoms with E-state index in [9.17, 15) is 0 Å². The van der Waals surface area contributed by atoms with Crippen LogP contribution in [0.15, 0.2) is 41.0 Å². The molecule has 1 atom stereocenters. The summed E-state index contributed by atoms with van der Waals surface area (Å²) >= 11 is 0. The molecular weight excluding hydrogens is 264 g/mol. The molecule has 0 amide bonds. The van der Waals surface area contributed by atoms with Crippen LogP contribution in [0, 0.1) is 0 Å². The molecule has 0 saturated carbocycles. The molecule has 0 aliphatic rings. The van der Waals surface area contributed by atoms with Crippen molar-refractivity contribution in [2.45, 2.75) is 25.8 Å². The van der Waals surface area contributed by atoms with Crippen molar-refractivity contribution in [1.29, 1.82) is 0 Å². The lowest BCUT2D eigenvalue weighted by Crippen LogP contribution is -2.30. The van der Waals surface area contributed by atoms with Crippen LogP contribution in [-0.2, 0) is 19.9 Å². The van der Waals surface area contributed by atoms with E-state index in [1.165, 1.54) is 0 Å². The number of para-hydroxylation sites is 1. The highest BCUT2D eigenvalue weighted by Gasteiger charge is 2.18. The van der Waals surface area contributed by atoms with Crippen molar-refractivity contribution in [3.63, 3.8) is 0 Å². The second-order valence-electron chi connectivity index (χ2n) is 5.21. The molecule has 1 unspecified atom stereocenters. The first-order valence-electron chi connectivity index (χ1n) is 7.17. The van der Waals surface area contributed by atoms with Gasteiger partial charge in [-0.1, -0.05) is 25.1 Å². The fourth-order valence-electron chi connectivity index (χ4n) is 2.67. The van der Waals surface area contributed by atoms with Crippen molar-refractivity contribution in [2.75, 3.05) is 0 Å². The minimum Gasteiger partial charge on any atom is -0.464 e. The Balaban J connectivity index is 1.93. The molecule has 1 aromatic carbocycles. The average Bonchev–Trinajstić information content (AvgIpc) is 3.08. The van der Waals surface area contributed by atoms with Gasteiger partial charge in [0.1, 0.15) is 5.58 Å². The van der Waals surface area contributed by atoms with Crippen molar-refractivity contribution >= 4 is 11.0 Å². The summed E-state index contributed by atoms with van der Waals surface area (Å²) < 4.78 is 7.53. The Hall–Kier alpha value is -2.11. The Labute approximate surface area is 123 Å². The Kier molecular flexibility index (Phi) is 3.77. The molecule has 21 heavy (non-hydrogen) atoms. The Morgan fingerprint density at radius 1 is 1.38 bits per heavy atom. The quantitative estimate of drug-likeness (QED) is 0.558. The molecule has 0 aliphatic carbocycles. The van der Waals surface area contributed by atoms with E-state index in [0.29, 0.717) is 0 Å². The summed E-state index contributed by atoms with van der Waals surface area (Å²) in [6.45, 7) is 2.11. The topological polar surface area (TPSA) is 69.0 Å². The molecule has 5 nitrogen and oxygen atoms in total. The third-order valence-electron chi connectivity index (χ3n) is 3.89. The second kappa shape index (κ2) is 5.71. The smallest absolute Gasteiger partial charge is 0.134 e. The first-order valence-corrected chi connectivity index (χ1v) is 7.17. The first kappa shape index (κ1) is 13.9. The van der Waals surface area contributed by atoms with Gasteiger partial charge < -0.3 is 4.42 Å². The fraction of sp³-hybridized carbons (Fsp3) is 0.312. The molecular formula is C16H20N4O. The number of nitrogens with two attached hydrogens (primary N) is 1. The van der Waals surface area contributed by atoms with Gasteiger partial charge in [0, 0.05) is 30.1 Å². The monoisotopic (exact) mass is 284 g/mol. The summed E-state index contributed by atoms with van der Waals surface area (Å²) in [5.74, 6) is 5.77. The van der Waals surface area contributed by atoms with Crippen molar-refractivity contribution in [3.05, 3.63) is 53.5 Å². The lowest BCUT2D eigenvalue weighted by molar-refractivity contribution is 0.519. The van der Waals surface area contributed by atoms with Crippen molar-refractivity contribution in [3.8, 4) is 0 Å². The van der Waals surface area contributed by atoms with E-state index >= 15 is 0 Å². The second-order valence-corrected chi connectivity index (χ2v) is 5.21. The van der Waals surface area contributed by atoms with Gasteiger partial charge in [0.15, 0.2) is 0 Å². The van der Waals surface area contributed by atoms with Gasteiger partial charge in [0.05, 0.1) is 18.0 Å². The number of furan rings is 1. The maximum atomic E-state index is 5.77. The predicted molar refractivity (Wildman–Crippen MR) is 82.6 cm³/mol. The standard InChI is InChI=1S/C16H20N4O/c1-3-11-8-12(20(2)19-11)9-15(18-17)14-10-21-16-7-5-4-6-13(14)16/h4-8,10,15,18H,3,9,17H2,1-2H3. The van der Waals surface area contributed by atoms with E-state index in [1.807, 2.05) is 29.9 Å². The molecule has 0 spiro atoms. The number of hydrogen-bond acceptors (Lipinski definition) is 4. The van der Waals surface area contributed by atoms with Crippen LogP contribution in [0.4, 0.5) is 0 Å². The molecule has 0 bridgehead atoms. The number of nitrogens with one attached hydrogen (secondary N) is 1. The van der Waals surface area contributed by atoms with Crippen LogP contribution in [0.5, 0.6) is 0 Å². The van der Waals surface area contributed by atoms with Gasteiger partial charge in [-0.2, -0.15) is 5.10 Å². The van der Waals surface area contributed by atoms with E-state index in [-0.39, 0.29) is 6.04 Å². The van der Waals surface area contributed by atoms with Crippen molar-refractivity contribution in [1.82, 2.24) is 15.2 Å². The van der Waals surface area contributed by atoms with Crippen LogP contribution < -0.4 is 11.3 Å². The summed E-state index contributed by atoms with van der Waals surface area (Å²) in [6, 6.07) is 10.1. The van der Waals surface area contributed by atoms with Crippen LogP contribution >= 0.6 is 0 Å². The van der Waals surface area contributed by atoms with E-state index in [1.54, 1.807) is 6.26 Å². The number of rotatable bonds is 5. The third kappa shape index (κ3) is 2.57. The average molecular weight is 284 g/mol. The highest BCUT2D eigenvalue weighted by Crippen LogP contribution is 2.28. The third-order valence-corrected chi connectivity index (χ3v) is 3.89. The molecule has 0 saturated heterocycles. The number of fused-ring (bicyclic) bond motifs is 1. The summed E-state index contributed by atoms with van der Waals surface area (Å²) in [4.78, 5) is 0. The minimum absolute atomic E-state index is 0.00578. The zero-order valence-electron chi connectivity index (χ0n) is 12.3. The van der Waals surface area contributed by atoms with Crippen LogP contribution in [0.25, 0.3) is 11.0 Å². The molecule has 3 aromatic rings. The zero-order chi connectivity index (χ0) is 14.8. The molecule has 2 aromatic heterocycles. The number of aromatic nitrogens is 2. The summed E-state index contributed by atoms with van der Waals surface area (Å²) in [6.07, 6.45) is 3.49. The summed E-state index contributed by atoms with van der Waals surface area (Å²) in [5.41, 5.74) is 7.11. The Morgan fingerprint density at radius 3 is 2.90 bits per heavy atom. The van der Waals surface area contributed by atoms with Gasteiger partial charge in [0.2, 0.25) is 0 Å². The minimum atomic E-state index is -0.00578. The maximum Gasteiger partial charge on any atom is 0.134 e. The number of nitrogens with zero attached hydrogens (tertiary/aromatic N) is 2. The lowest BCUT2D eigenvalue weighted by Gasteiger charge is -2.14. The van der Waals surface area contributed by atoms with Crippen molar-refractivity contribution in [2.24, 2.45) is 12.9 Å². The number of hydrazine groups is 1. The van der Waals surface area contributed by atoms with Gasteiger partial charge in [-0.25, -0.2) is 0 Å². The fourth-order valence-corrected chi connectivity index (χ4v) is 2.67.